The molecule has 0 spiro atoms. The van der Waals surface area contributed by atoms with Gasteiger partial charge in [-0.3, -0.25) is 4.90 Å². The van der Waals surface area contributed by atoms with Crippen molar-refractivity contribution in [3.8, 4) is 0 Å². The maximum Gasteiger partial charge on any atom is 0.0235 e. The van der Waals surface area contributed by atoms with Crippen LogP contribution in [-0.4, -0.2) is 36.6 Å². The van der Waals surface area contributed by atoms with E-state index in [0.717, 1.165) is 24.3 Å². The minimum absolute atomic E-state index is 0.609. The minimum Gasteiger partial charge on any atom is -0.312 e. The van der Waals surface area contributed by atoms with Gasteiger partial charge in [-0.15, -0.1) is 0 Å². The highest BCUT2D eigenvalue weighted by Gasteiger charge is 2.35. The quantitative estimate of drug-likeness (QED) is 0.917. The van der Waals surface area contributed by atoms with Gasteiger partial charge in [-0.2, -0.15) is 0 Å². The number of nitrogens with one attached hydrogen (secondary N) is 1. The van der Waals surface area contributed by atoms with Crippen LogP contribution in [-0.2, 0) is 6.42 Å². The average Bonchev–Trinajstić information content (AvgIpc) is 2.71. The van der Waals surface area contributed by atoms with Crippen molar-refractivity contribution in [2.75, 3.05) is 19.6 Å². The van der Waals surface area contributed by atoms with Crippen molar-refractivity contribution in [3.05, 3.63) is 35.9 Å². The molecule has 0 radical (unpaired) electrons. The van der Waals surface area contributed by atoms with Crippen LogP contribution in [0.1, 0.15) is 38.7 Å². The fourth-order valence-corrected chi connectivity index (χ4v) is 4.22. The molecule has 4 atom stereocenters. The lowest BCUT2D eigenvalue weighted by atomic mass is 9.96. The normalized spacial score (nSPS) is 34.8. The molecule has 1 aliphatic carbocycles. The largest absolute Gasteiger partial charge is 0.312 e. The molecule has 1 N–H and O–H groups in total. The lowest BCUT2D eigenvalue weighted by Gasteiger charge is -2.33. The number of rotatable bonds is 3. The molecule has 0 bridgehead atoms. The molecule has 1 saturated heterocycles. The summed E-state index contributed by atoms with van der Waals surface area (Å²) in [7, 11) is 0. The third-order valence-electron chi connectivity index (χ3n) is 5.73. The minimum atomic E-state index is 0.609. The highest BCUT2D eigenvalue weighted by atomic mass is 15.2. The van der Waals surface area contributed by atoms with Gasteiger partial charge in [0.15, 0.2) is 0 Å². The van der Waals surface area contributed by atoms with E-state index in [-0.39, 0.29) is 0 Å². The average molecular weight is 286 g/mol. The molecule has 1 aromatic rings. The van der Waals surface area contributed by atoms with Gasteiger partial charge < -0.3 is 5.32 Å². The summed E-state index contributed by atoms with van der Waals surface area (Å²) in [5.41, 5.74) is 1.46. The van der Waals surface area contributed by atoms with Crippen LogP contribution in [0.4, 0.5) is 0 Å². The zero-order valence-corrected chi connectivity index (χ0v) is 13.6. The molecule has 1 saturated carbocycles. The first-order chi connectivity index (χ1) is 10.2. The van der Waals surface area contributed by atoms with Gasteiger partial charge in [-0.25, -0.2) is 0 Å². The number of hydrogen-bond acceptors (Lipinski definition) is 2. The molecule has 3 rings (SSSR count). The SMILES string of the molecule is CC1CCC(N2CCCNC(Cc3ccccc3)C2)C1C. The molecule has 0 amide bonds. The summed E-state index contributed by atoms with van der Waals surface area (Å²) in [4.78, 5) is 2.79. The molecule has 4 unspecified atom stereocenters. The summed E-state index contributed by atoms with van der Waals surface area (Å²) in [5.74, 6) is 1.76. The predicted octanol–water partition coefficient (Wildman–Crippen LogP) is 3.33. The summed E-state index contributed by atoms with van der Waals surface area (Å²) < 4.78 is 0. The van der Waals surface area contributed by atoms with Crippen molar-refractivity contribution in [1.82, 2.24) is 10.2 Å². The second-order valence-electron chi connectivity index (χ2n) is 7.17. The Bertz CT molecular complexity index is 430. The first kappa shape index (κ1) is 15.1. The molecule has 2 heteroatoms. The van der Waals surface area contributed by atoms with Gasteiger partial charge in [-0.05, 0) is 56.2 Å². The lowest BCUT2D eigenvalue weighted by molar-refractivity contribution is 0.154. The van der Waals surface area contributed by atoms with Gasteiger partial charge in [0.2, 0.25) is 0 Å². The van der Waals surface area contributed by atoms with Crippen molar-refractivity contribution in [1.29, 1.82) is 0 Å². The van der Waals surface area contributed by atoms with Gasteiger partial charge in [-0.1, -0.05) is 44.2 Å². The third kappa shape index (κ3) is 3.67. The Labute approximate surface area is 129 Å². The standard InChI is InChI=1S/C19H30N2/c1-15-9-10-19(16(15)2)21-12-6-11-20-18(14-21)13-17-7-4-3-5-8-17/h3-5,7-8,15-16,18-20H,6,9-14H2,1-2H3. The fraction of sp³-hybridized carbons (Fsp3) is 0.684. The molecule has 116 valence electrons. The van der Waals surface area contributed by atoms with Gasteiger partial charge in [0.05, 0.1) is 0 Å². The van der Waals surface area contributed by atoms with Crippen LogP contribution < -0.4 is 5.32 Å². The Balaban J connectivity index is 1.64. The van der Waals surface area contributed by atoms with E-state index in [1.165, 1.54) is 44.5 Å². The number of hydrogen-bond donors (Lipinski definition) is 1. The third-order valence-corrected chi connectivity index (χ3v) is 5.73. The van der Waals surface area contributed by atoms with E-state index in [1.54, 1.807) is 0 Å². The van der Waals surface area contributed by atoms with Crippen LogP contribution in [0.2, 0.25) is 0 Å². The van der Waals surface area contributed by atoms with Crippen molar-refractivity contribution in [2.45, 2.75) is 51.6 Å². The summed E-state index contributed by atoms with van der Waals surface area (Å²) in [6, 6.07) is 12.4. The maximum atomic E-state index is 3.77. The first-order valence-corrected chi connectivity index (χ1v) is 8.75. The smallest absolute Gasteiger partial charge is 0.0235 e. The Morgan fingerprint density at radius 1 is 1.14 bits per heavy atom. The summed E-state index contributed by atoms with van der Waals surface area (Å²) in [6.07, 6.45) is 5.27. The Kier molecular flexibility index (Phi) is 4.97. The van der Waals surface area contributed by atoms with Gasteiger partial charge >= 0.3 is 0 Å². The highest BCUT2D eigenvalue weighted by molar-refractivity contribution is 5.16. The molecule has 21 heavy (non-hydrogen) atoms. The molecule has 2 nitrogen and oxygen atoms in total. The molecule has 2 aliphatic rings. The van der Waals surface area contributed by atoms with Crippen LogP contribution in [0.3, 0.4) is 0 Å². The summed E-state index contributed by atoms with van der Waals surface area (Å²) in [5, 5.41) is 3.77. The van der Waals surface area contributed by atoms with Crippen molar-refractivity contribution >= 4 is 0 Å². The van der Waals surface area contributed by atoms with Crippen molar-refractivity contribution in [3.63, 3.8) is 0 Å². The molecular formula is C19H30N2. The zero-order valence-electron chi connectivity index (χ0n) is 13.6. The zero-order chi connectivity index (χ0) is 14.7. The molecule has 1 heterocycles. The van der Waals surface area contributed by atoms with Crippen molar-refractivity contribution in [2.24, 2.45) is 11.8 Å². The topological polar surface area (TPSA) is 15.3 Å². The van der Waals surface area contributed by atoms with Gasteiger partial charge in [0.25, 0.3) is 0 Å². The second-order valence-corrected chi connectivity index (χ2v) is 7.17. The Hall–Kier alpha value is -0.860. The van der Waals surface area contributed by atoms with E-state index in [4.69, 9.17) is 0 Å². The van der Waals surface area contributed by atoms with E-state index in [1.807, 2.05) is 0 Å². The summed E-state index contributed by atoms with van der Waals surface area (Å²) in [6.45, 7) is 8.57. The van der Waals surface area contributed by atoms with Crippen LogP contribution in [0.5, 0.6) is 0 Å². The first-order valence-electron chi connectivity index (χ1n) is 8.75. The predicted molar refractivity (Wildman–Crippen MR) is 89.5 cm³/mol. The van der Waals surface area contributed by atoms with E-state index in [2.05, 4.69) is 54.4 Å². The van der Waals surface area contributed by atoms with Crippen LogP contribution in [0.25, 0.3) is 0 Å². The molecule has 1 aliphatic heterocycles. The maximum absolute atomic E-state index is 3.77. The van der Waals surface area contributed by atoms with E-state index < -0.39 is 0 Å². The summed E-state index contributed by atoms with van der Waals surface area (Å²) >= 11 is 0. The van der Waals surface area contributed by atoms with Gasteiger partial charge in [0, 0.05) is 18.6 Å². The highest BCUT2D eigenvalue weighted by Crippen LogP contribution is 2.35. The fourth-order valence-electron chi connectivity index (χ4n) is 4.22. The number of benzene rings is 1. The molecular weight excluding hydrogens is 256 g/mol. The van der Waals surface area contributed by atoms with Crippen LogP contribution in [0.15, 0.2) is 30.3 Å². The molecule has 2 fully saturated rings. The van der Waals surface area contributed by atoms with Crippen molar-refractivity contribution < 1.29 is 0 Å². The van der Waals surface area contributed by atoms with E-state index >= 15 is 0 Å². The Morgan fingerprint density at radius 3 is 2.67 bits per heavy atom. The van der Waals surface area contributed by atoms with Gasteiger partial charge in [0.1, 0.15) is 0 Å². The Morgan fingerprint density at radius 2 is 1.95 bits per heavy atom. The van der Waals surface area contributed by atoms with Crippen LogP contribution >= 0.6 is 0 Å². The second kappa shape index (κ2) is 6.93. The lowest BCUT2D eigenvalue weighted by Crippen LogP contribution is -2.45. The monoisotopic (exact) mass is 286 g/mol. The van der Waals surface area contributed by atoms with Crippen LogP contribution in [0, 0.1) is 11.8 Å². The van der Waals surface area contributed by atoms with E-state index in [0.29, 0.717) is 6.04 Å². The van der Waals surface area contributed by atoms with E-state index in [9.17, 15) is 0 Å². The molecule has 0 aromatic heterocycles. The molecule has 1 aromatic carbocycles. The number of nitrogens with zero attached hydrogens (tertiary/aromatic N) is 1.